The molecule has 0 bridgehead atoms. The largest absolute Gasteiger partial charge is 0.503 e. The fourth-order valence-corrected chi connectivity index (χ4v) is 4.17. The van der Waals surface area contributed by atoms with Crippen LogP contribution >= 0.6 is 11.3 Å². The molecule has 0 unspecified atom stereocenters. The van der Waals surface area contributed by atoms with E-state index in [1.165, 1.54) is 12.3 Å². The smallest absolute Gasteiger partial charge is 0.362 e. The summed E-state index contributed by atoms with van der Waals surface area (Å²) < 4.78 is 32.1. The van der Waals surface area contributed by atoms with Crippen LogP contribution in [0.4, 0.5) is 5.13 Å². The number of nitrogens with two attached hydrogens (primary N) is 1. The summed E-state index contributed by atoms with van der Waals surface area (Å²) in [6.45, 7) is 0.789. The van der Waals surface area contributed by atoms with Gasteiger partial charge in [-0.15, -0.1) is 11.3 Å². The number of rotatable bonds is 7. The molecule has 2 amide bonds. The molecular formula is C15H16N6NaO9S2. The van der Waals surface area contributed by atoms with Gasteiger partial charge in [0.25, 0.3) is 11.8 Å². The van der Waals surface area contributed by atoms with E-state index in [4.69, 9.17) is 15.1 Å². The van der Waals surface area contributed by atoms with Gasteiger partial charge in [0.05, 0.1) is 12.2 Å². The molecule has 0 saturated carbocycles. The van der Waals surface area contributed by atoms with Gasteiger partial charge < -0.3 is 26.2 Å². The van der Waals surface area contributed by atoms with Crippen LogP contribution in [0.1, 0.15) is 18.3 Å². The van der Waals surface area contributed by atoms with Crippen LogP contribution in [-0.4, -0.2) is 96.5 Å². The van der Waals surface area contributed by atoms with Gasteiger partial charge in [-0.25, -0.2) is 9.29 Å². The van der Waals surface area contributed by atoms with Gasteiger partial charge in [0.15, 0.2) is 23.2 Å². The number of nitrogens with zero attached hydrogens (tertiary/aromatic N) is 4. The van der Waals surface area contributed by atoms with Crippen molar-refractivity contribution in [3.8, 4) is 5.75 Å². The third-order valence-corrected chi connectivity index (χ3v) is 5.99. The van der Waals surface area contributed by atoms with E-state index in [0.29, 0.717) is 4.73 Å². The molecule has 1 aliphatic heterocycles. The van der Waals surface area contributed by atoms with Crippen LogP contribution < -0.4 is 16.5 Å². The van der Waals surface area contributed by atoms with Crippen molar-refractivity contribution in [2.24, 2.45) is 5.16 Å². The van der Waals surface area contributed by atoms with Gasteiger partial charge in [-0.1, -0.05) is 5.16 Å². The molecule has 0 aromatic carbocycles. The Bertz CT molecular complexity index is 1270. The van der Waals surface area contributed by atoms with E-state index in [1.54, 1.807) is 0 Å². The Balaban J connectivity index is 0.00000385. The number of anilines is 1. The van der Waals surface area contributed by atoms with Crippen molar-refractivity contribution in [3.63, 3.8) is 0 Å². The molecule has 1 radical (unpaired) electrons. The Morgan fingerprint density at radius 2 is 2.09 bits per heavy atom. The molecule has 15 nitrogen and oxygen atoms in total. The second-order valence-corrected chi connectivity index (χ2v) is 8.63. The first kappa shape index (κ1) is 26.6. The van der Waals surface area contributed by atoms with Crippen molar-refractivity contribution in [3.05, 3.63) is 39.3 Å². The predicted molar refractivity (Wildman–Crippen MR) is 113 cm³/mol. The van der Waals surface area contributed by atoms with Gasteiger partial charge in [0.1, 0.15) is 17.4 Å². The Labute approximate surface area is 211 Å². The molecule has 2 aromatic heterocycles. The Morgan fingerprint density at radius 3 is 2.64 bits per heavy atom. The van der Waals surface area contributed by atoms with Crippen molar-refractivity contribution < 1.29 is 37.7 Å². The number of β-lactam (4-membered cyclic amide) rings is 1. The Morgan fingerprint density at radius 1 is 1.42 bits per heavy atom. The molecule has 173 valence electrons. The first-order chi connectivity index (χ1) is 14.9. The zero-order valence-corrected chi connectivity index (χ0v) is 20.7. The van der Waals surface area contributed by atoms with Gasteiger partial charge in [-0.3, -0.25) is 18.9 Å². The van der Waals surface area contributed by atoms with E-state index in [-0.39, 0.29) is 50.4 Å². The molecular weight excluding hydrogens is 495 g/mol. The summed E-state index contributed by atoms with van der Waals surface area (Å²) >= 11 is 0.979. The molecule has 33 heavy (non-hydrogen) atoms. The van der Waals surface area contributed by atoms with Gasteiger partial charge in [-0.2, -0.15) is 13.1 Å². The van der Waals surface area contributed by atoms with Crippen LogP contribution in [-0.2, 0) is 31.3 Å². The Hall–Kier alpha value is -2.70. The SMILES string of the molecule is C[C@H]1[C@H](NC(=O)/C(=N\OCc2cc(=O)c(O)cn2O)c2csc(N)n2)C(=O)N1S(=O)(=O)O.[Na]. The molecule has 0 spiro atoms. The predicted octanol–water partition coefficient (Wildman–Crippen LogP) is -2.11. The second kappa shape index (κ2) is 10.1. The second-order valence-electron chi connectivity index (χ2n) is 6.45. The van der Waals surface area contributed by atoms with Gasteiger partial charge in [-0.05, 0) is 6.92 Å². The van der Waals surface area contributed by atoms with E-state index in [9.17, 15) is 33.1 Å². The molecule has 1 saturated heterocycles. The molecule has 0 aliphatic carbocycles. The van der Waals surface area contributed by atoms with Crippen LogP contribution in [0.25, 0.3) is 0 Å². The fourth-order valence-electron chi connectivity index (χ4n) is 2.74. The number of carbonyl (C=O) groups is 2. The minimum Gasteiger partial charge on any atom is -0.503 e. The summed E-state index contributed by atoms with van der Waals surface area (Å²) in [5, 5.41) is 26.3. The minimum absolute atomic E-state index is 0. The van der Waals surface area contributed by atoms with Crippen LogP contribution in [0.2, 0.25) is 0 Å². The van der Waals surface area contributed by atoms with Crippen LogP contribution in [0.15, 0.2) is 27.6 Å². The molecule has 18 heteroatoms. The summed E-state index contributed by atoms with van der Waals surface area (Å²) in [6, 6.07) is -1.46. The maximum atomic E-state index is 12.7. The summed E-state index contributed by atoms with van der Waals surface area (Å²) in [5.41, 5.74) is 4.21. The number of hydrogen-bond donors (Lipinski definition) is 5. The number of hydrogen-bond acceptors (Lipinski definition) is 12. The average molecular weight is 511 g/mol. The first-order valence-electron chi connectivity index (χ1n) is 8.56. The number of amides is 2. The summed E-state index contributed by atoms with van der Waals surface area (Å²) in [7, 11) is -4.78. The molecule has 1 aliphatic rings. The number of nitrogens with one attached hydrogen (secondary N) is 1. The zero-order chi connectivity index (χ0) is 23.8. The van der Waals surface area contributed by atoms with Crippen molar-refractivity contribution in [1.29, 1.82) is 0 Å². The molecule has 2 aromatic rings. The fraction of sp³-hybridized carbons (Fsp3) is 0.267. The van der Waals surface area contributed by atoms with Crippen molar-refractivity contribution in [2.45, 2.75) is 25.6 Å². The molecule has 6 N–H and O–H groups in total. The molecule has 2 atom stereocenters. The third-order valence-electron chi connectivity index (χ3n) is 4.31. The number of aromatic nitrogens is 2. The number of carbonyl (C=O) groups excluding carboxylic acids is 2. The van der Waals surface area contributed by atoms with Crippen molar-refractivity contribution >= 4 is 73.9 Å². The van der Waals surface area contributed by atoms with Crippen LogP contribution in [0, 0.1) is 0 Å². The topological polar surface area (TPSA) is 227 Å². The average Bonchev–Trinajstić information content (AvgIpc) is 3.11. The Kier molecular flexibility index (Phi) is 8.09. The summed E-state index contributed by atoms with van der Waals surface area (Å²) in [6.07, 6.45) is 0.740. The quantitative estimate of drug-likeness (QED) is 0.0674. The first-order valence-corrected chi connectivity index (χ1v) is 10.8. The van der Waals surface area contributed by atoms with Gasteiger partial charge in [0, 0.05) is 41.0 Å². The zero-order valence-electron chi connectivity index (χ0n) is 17.1. The minimum atomic E-state index is -4.78. The van der Waals surface area contributed by atoms with Crippen LogP contribution in [0.5, 0.6) is 5.75 Å². The number of nitrogen functional groups attached to an aromatic ring is 1. The van der Waals surface area contributed by atoms with E-state index in [1.807, 2.05) is 0 Å². The van der Waals surface area contributed by atoms with Gasteiger partial charge in [0.2, 0.25) is 5.43 Å². The molecule has 3 rings (SSSR count). The van der Waals surface area contributed by atoms with Crippen LogP contribution in [0.3, 0.4) is 0 Å². The number of thiazole rings is 1. The van der Waals surface area contributed by atoms with E-state index in [2.05, 4.69) is 15.5 Å². The standard InChI is InChI=1S/C15H16N6O9S2.Na/c1-6-11(14(25)21(6)32(27,28)29)18-13(24)12(8-5-31-15(16)17-8)19-30-4-7-2-9(22)10(23)3-20(7)26;/h2-3,5-6,11,23,26H,4H2,1H3,(H2,16,17)(H,18,24)(H,27,28,29);/b19-12-;/t6-,11-;/m0./s1. The molecule has 1 fully saturated rings. The van der Waals surface area contributed by atoms with Gasteiger partial charge >= 0.3 is 10.3 Å². The van der Waals surface area contributed by atoms with Crippen molar-refractivity contribution in [2.75, 3.05) is 5.73 Å². The number of oxime groups is 1. The third kappa shape index (κ3) is 5.63. The molecule has 3 heterocycles. The number of aromatic hydroxyl groups is 1. The summed E-state index contributed by atoms with van der Waals surface area (Å²) in [4.78, 5) is 45.1. The maximum Gasteiger partial charge on any atom is 0.362 e. The summed E-state index contributed by atoms with van der Waals surface area (Å²) in [5.74, 6) is -2.72. The van der Waals surface area contributed by atoms with E-state index in [0.717, 1.165) is 23.6 Å². The maximum absolute atomic E-state index is 12.7. The normalized spacial score (nSPS) is 18.3. The van der Waals surface area contributed by atoms with E-state index >= 15 is 0 Å². The monoisotopic (exact) mass is 511 g/mol. The van der Waals surface area contributed by atoms with Crippen molar-refractivity contribution in [1.82, 2.24) is 19.3 Å². The number of pyridine rings is 1. The van der Waals surface area contributed by atoms with E-state index < -0.39 is 57.7 Å².